The number of rotatable bonds is 4. The molecule has 1 aromatic carbocycles. The number of aromatic nitrogens is 3. The first-order valence-corrected chi connectivity index (χ1v) is 10.3. The minimum atomic E-state index is -0.0686. The van der Waals surface area contributed by atoms with Gasteiger partial charge in [-0.1, -0.05) is 18.6 Å². The normalized spacial score (nSPS) is 19.3. The van der Waals surface area contributed by atoms with Crippen LogP contribution >= 0.6 is 0 Å². The smallest absolute Gasteiger partial charge is 0.322 e. The van der Waals surface area contributed by atoms with E-state index in [1.807, 2.05) is 51.9 Å². The number of nitrogens with zero attached hydrogens (tertiary/aromatic N) is 4. The molecule has 1 unspecified atom stereocenters. The van der Waals surface area contributed by atoms with Gasteiger partial charge in [-0.3, -0.25) is 4.40 Å². The fraction of sp³-hybridized carbons (Fsp3) is 0.409. The quantitative estimate of drug-likeness (QED) is 0.717. The summed E-state index contributed by atoms with van der Waals surface area (Å²) in [7, 11) is 1.66. The Morgan fingerprint density at radius 3 is 2.62 bits per heavy atom. The van der Waals surface area contributed by atoms with Gasteiger partial charge in [-0.05, 0) is 55.5 Å². The van der Waals surface area contributed by atoms with Gasteiger partial charge in [0, 0.05) is 18.7 Å². The Hall–Kier alpha value is -3.09. The molecule has 3 heterocycles. The number of carbonyl (C=O) groups excluding carboxylic acids is 1. The number of amides is 2. The van der Waals surface area contributed by atoms with Crippen LogP contribution in [0.2, 0.25) is 0 Å². The van der Waals surface area contributed by atoms with Crippen molar-refractivity contribution in [1.82, 2.24) is 19.5 Å². The lowest BCUT2D eigenvalue weighted by molar-refractivity contribution is 0.207. The average Bonchev–Trinajstić information content (AvgIpc) is 3.35. The molecule has 0 radical (unpaired) electrons. The van der Waals surface area contributed by atoms with E-state index in [1.165, 1.54) is 6.42 Å². The minimum Gasteiger partial charge on any atom is -0.497 e. The van der Waals surface area contributed by atoms with Gasteiger partial charge in [0.05, 0.1) is 18.8 Å². The molecule has 0 spiro atoms. The number of carbonyl (C=O) groups is 1. The van der Waals surface area contributed by atoms with Gasteiger partial charge in [-0.25, -0.2) is 4.79 Å². The molecule has 2 aliphatic rings. The molecular weight excluding hydrogens is 366 g/mol. The van der Waals surface area contributed by atoms with E-state index in [1.54, 1.807) is 7.11 Å². The summed E-state index contributed by atoms with van der Waals surface area (Å²) in [4.78, 5) is 15.0. The van der Waals surface area contributed by atoms with E-state index in [4.69, 9.17) is 4.74 Å². The third kappa shape index (κ3) is 3.30. The molecule has 150 valence electrons. The summed E-state index contributed by atoms with van der Waals surface area (Å²) in [5.41, 5.74) is 2.73. The fourth-order valence-corrected chi connectivity index (χ4v) is 4.30. The lowest BCUT2D eigenvalue weighted by Crippen LogP contribution is -2.34. The first kappa shape index (κ1) is 18.0. The third-order valence-electron chi connectivity index (χ3n) is 6.16. The molecule has 0 bridgehead atoms. The molecule has 1 atom stereocenters. The highest BCUT2D eigenvalue weighted by Crippen LogP contribution is 2.36. The van der Waals surface area contributed by atoms with E-state index in [0.29, 0.717) is 5.92 Å². The predicted octanol–water partition coefficient (Wildman–Crippen LogP) is 4.37. The summed E-state index contributed by atoms with van der Waals surface area (Å²) in [6.07, 6.45) is 7.48. The monoisotopic (exact) mass is 391 g/mol. The van der Waals surface area contributed by atoms with Crippen LogP contribution in [0, 0.1) is 0 Å². The zero-order chi connectivity index (χ0) is 19.8. The van der Waals surface area contributed by atoms with Crippen LogP contribution in [0.1, 0.15) is 55.5 Å². The molecule has 5 rings (SSSR count). The predicted molar refractivity (Wildman–Crippen MR) is 110 cm³/mol. The van der Waals surface area contributed by atoms with Crippen molar-refractivity contribution in [2.24, 2.45) is 0 Å². The van der Waals surface area contributed by atoms with Crippen molar-refractivity contribution in [2.75, 3.05) is 19.0 Å². The van der Waals surface area contributed by atoms with Gasteiger partial charge in [0.2, 0.25) is 0 Å². The van der Waals surface area contributed by atoms with E-state index in [0.717, 1.165) is 60.7 Å². The van der Waals surface area contributed by atoms with Crippen LogP contribution in [0.25, 0.3) is 5.65 Å². The van der Waals surface area contributed by atoms with Crippen LogP contribution in [0.3, 0.4) is 0 Å². The summed E-state index contributed by atoms with van der Waals surface area (Å²) in [6.45, 7) is 0.755. The van der Waals surface area contributed by atoms with E-state index < -0.39 is 0 Å². The van der Waals surface area contributed by atoms with Crippen LogP contribution in [-0.2, 0) is 0 Å². The summed E-state index contributed by atoms with van der Waals surface area (Å²) >= 11 is 0. The number of fused-ring (bicyclic) bond motifs is 1. The Labute approximate surface area is 169 Å². The van der Waals surface area contributed by atoms with Crippen molar-refractivity contribution in [3.63, 3.8) is 0 Å². The molecule has 29 heavy (non-hydrogen) atoms. The average molecular weight is 391 g/mol. The number of urea groups is 1. The van der Waals surface area contributed by atoms with E-state index in [-0.39, 0.29) is 12.1 Å². The van der Waals surface area contributed by atoms with Crippen molar-refractivity contribution in [2.45, 2.75) is 44.1 Å². The number of anilines is 1. The number of methoxy groups -OCH3 is 1. The van der Waals surface area contributed by atoms with Crippen molar-refractivity contribution in [3.8, 4) is 5.75 Å². The third-order valence-corrected chi connectivity index (χ3v) is 6.16. The largest absolute Gasteiger partial charge is 0.497 e. The molecule has 1 saturated carbocycles. The van der Waals surface area contributed by atoms with Gasteiger partial charge in [-0.15, -0.1) is 10.2 Å². The van der Waals surface area contributed by atoms with E-state index in [9.17, 15) is 4.79 Å². The van der Waals surface area contributed by atoms with Crippen LogP contribution < -0.4 is 10.1 Å². The fourth-order valence-electron chi connectivity index (χ4n) is 4.30. The minimum absolute atomic E-state index is 0.0686. The number of benzene rings is 1. The highest BCUT2D eigenvalue weighted by Gasteiger charge is 2.30. The highest BCUT2D eigenvalue weighted by molar-refractivity contribution is 5.89. The molecule has 2 amide bonds. The van der Waals surface area contributed by atoms with Gasteiger partial charge >= 0.3 is 6.03 Å². The molecular formula is C22H25N5O2. The highest BCUT2D eigenvalue weighted by atomic mass is 16.5. The zero-order valence-corrected chi connectivity index (χ0v) is 16.5. The molecule has 1 N–H and O–H groups in total. The number of likely N-dealkylation sites (tertiary alicyclic amines) is 1. The van der Waals surface area contributed by atoms with Gasteiger partial charge in [0.15, 0.2) is 5.65 Å². The first-order chi connectivity index (χ1) is 14.2. The summed E-state index contributed by atoms with van der Waals surface area (Å²) in [5, 5.41) is 11.7. The van der Waals surface area contributed by atoms with Crippen molar-refractivity contribution >= 4 is 17.4 Å². The Morgan fingerprint density at radius 1 is 1.07 bits per heavy atom. The van der Waals surface area contributed by atoms with Gasteiger partial charge in [0.25, 0.3) is 0 Å². The number of hydrogen-bond donors (Lipinski definition) is 1. The number of pyridine rings is 1. The van der Waals surface area contributed by atoms with Gasteiger partial charge in [0.1, 0.15) is 11.6 Å². The van der Waals surface area contributed by atoms with E-state index in [2.05, 4.69) is 15.5 Å². The van der Waals surface area contributed by atoms with Crippen molar-refractivity contribution in [3.05, 3.63) is 54.0 Å². The number of ether oxygens (including phenoxy) is 1. The maximum atomic E-state index is 13.0. The Kier molecular flexibility index (Phi) is 4.58. The molecule has 3 aromatic rings. The molecule has 1 saturated heterocycles. The molecule has 1 aliphatic carbocycles. The Bertz CT molecular complexity index is 1030. The molecule has 7 heteroatoms. The lowest BCUT2D eigenvalue weighted by Gasteiger charge is -2.26. The van der Waals surface area contributed by atoms with Crippen molar-refractivity contribution in [1.29, 1.82) is 0 Å². The molecule has 1 aliphatic heterocycles. The van der Waals surface area contributed by atoms with Crippen LogP contribution in [0.4, 0.5) is 10.5 Å². The molecule has 2 aromatic heterocycles. The number of nitrogens with one attached hydrogen (secondary N) is 1. The second kappa shape index (κ2) is 7.39. The van der Waals surface area contributed by atoms with Crippen molar-refractivity contribution < 1.29 is 9.53 Å². The van der Waals surface area contributed by atoms with Crippen LogP contribution in [-0.4, -0.2) is 39.2 Å². The van der Waals surface area contributed by atoms with Crippen LogP contribution in [0.15, 0.2) is 42.6 Å². The lowest BCUT2D eigenvalue weighted by atomic mass is 9.85. The molecule has 2 fully saturated rings. The SMILES string of the molecule is COc1ccc(C2CCCN2C(=O)Nc2ccc3nnc(C4CCC4)n3c2)cc1. The number of hydrogen-bond acceptors (Lipinski definition) is 4. The topological polar surface area (TPSA) is 71.8 Å². The maximum Gasteiger partial charge on any atom is 0.322 e. The van der Waals surface area contributed by atoms with Gasteiger partial charge < -0.3 is 15.0 Å². The zero-order valence-electron chi connectivity index (χ0n) is 16.5. The second-order valence-corrected chi connectivity index (χ2v) is 7.89. The second-order valence-electron chi connectivity index (χ2n) is 7.89. The molecule has 7 nitrogen and oxygen atoms in total. The standard InChI is InChI=1S/C22H25N5O2/c1-29-18-10-7-15(8-11-18)19-6-3-13-26(19)22(28)23-17-9-12-20-24-25-21(27(20)14-17)16-4-2-5-16/h7-12,14,16,19H,2-6,13H2,1H3,(H,23,28). The summed E-state index contributed by atoms with van der Waals surface area (Å²) < 4.78 is 7.27. The van der Waals surface area contributed by atoms with E-state index >= 15 is 0 Å². The maximum absolute atomic E-state index is 13.0. The Balaban J connectivity index is 1.34. The Morgan fingerprint density at radius 2 is 1.90 bits per heavy atom. The summed E-state index contributed by atoms with van der Waals surface area (Å²) in [6, 6.07) is 11.8. The summed E-state index contributed by atoms with van der Waals surface area (Å²) in [5.74, 6) is 2.31. The first-order valence-electron chi connectivity index (χ1n) is 10.3. The van der Waals surface area contributed by atoms with Crippen LogP contribution in [0.5, 0.6) is 5.75 Å². The van der Waals surface area contributed by atoms with Gasteiger partial charge in [-0.2, -0.15) is 0 Å².